The highest BCUT2D eigenvalue weighted by molar-refractivity contribution is 4.95. The van der Waals surface area contributed by atoms with Gasteiger partial charge in [0.2, 0.25) is 0 Å². The van der Waals surface area contributed by atoms with Gasteiger partial charge in [-0.3, -0.25) is 0 Å². The van der Waals surface area contributed by atoms with Crippen molar-refractivity contribution in [3.05, 3.63) is 12.7 Å². The molecule has 0 aliphatic carbocycles. The van der Waals surface area contributed by atoms with Crippen LogP contribution < -0.4 is 0 Å². The predicted molar refractivity (Wildman–Crippen MR) is 94.9 cm³/mol. The monoisotopic (exact) mass is 408 g/mol. The molecule has 3 fully saturated rings. The minimum absolute atomic E-state index is 0.344. The van der Waals surface area contributed by atoms with Crippen LogP contribution in [0.25, 0.3) is 0 Å². The molecule has 0 amide bonds. The van der Waals surface area contributed by atoms with E-state index in [2.05, 4.69) is 11.3 Å². The summed E-state index contributed by atoms with van der Waals surface area (Å²) in [6, 6.07) is 0. The molecule has 3 heterocycles. The van der Waals surface area contributed by atoms with Gasteiger partial charge in [0.05, 0.1) is 18.8 Å². The van der Waals surface area contributed by atoms with Gasteiger partial charge in [-0.05, 0) is 27.7 Å². The van der Waals surface area contributed by atoms with Crippen LogP contribution in [0.15, 0.2) is 12.7 Å². The van der Waals surface area contributed by atoms with Crippen molar-refractivity contribution < 1.29 is 49.2 Å². The van der Waals surface area contributed by atoms with E-state index in [1.165, 1.54) is 6.92 Å². The van der Waals surface area contributed by atoms with Crippen molar-refractivity contribution in [3.63, 3.8) is 0 Å². The SMILES string of the molecule is C=CCO[C@@H]1OC(C)[C@H](O)C2OC(C)(C)OC21.CC1O[C@@H](O)C(O)C(O)[C@H]1O. The van der Waals surface area contributed by atoms with Crippen LogP contribution in [-0.2, 0) is 23.7 Å². The lowest BCUT2D eigenvalue weighted by molar-refractivity contribution is -0.277. The molecule has 3 aliphatic rings. The van der Waals surface area contributed by atoms with Crippen molar-refractivity contribution in [1.82, 2.24) is 0 Å². The maximum Gasteiger partial charge on any atom is 0.187 e. The zero-order valence-corrected chi connectivity index (χ0v) is 16.5. The number of aliphatic hydroxyl groups is 5. The van der Waals surface area contributed by atoms with Gasteiger partial charge in [-0.2, -0.15) is 0 Å². The molecule has 0 saturated carbocycles. The predicted octanol–water partition coefficient (Wildman–Crippen LogP) is -1.38. The third-order valence-corrected chi connectivity index (χ3v) is 4.80. The van der Waals surface area contributed by atoms with Crippen LogP contribution in [0.4, 0.5) is 0 Å². The topological polar surface area (TPSA) is 147 Å². The Morgan fingerprint density at radius 1 is 0.857 bits per heavy atom. The van der Waals surface area contributed by atoms with Gasteiger partial charge in [0.25, 0.3) is 0 Å². The van der Waals surface area contributed by atoms with Crippen LogP contribution in [0.3, 0.4) is 0 Å². The van der Waals surface area contributed by atoms with Crippen LogP contribution in [0.2, 0.25) is 0 Å². The third kappa shape index (κ3) is 5.28. The minimum atomic E-state index is -1.43. The lowest BCUT2D eigenvalue weighted by atomic mass is 10.0. The van der Waals surface area contributed by atoms with Gasteiger partial charge >= 0.3 is 0 Å². The summed E-state index contributed by atoms with van der Waals surface area (Å²) in [6.07, 6.45) is -6.74. The number of fused-ring (bicyclic) bond motifs is 1. The van der Waals surface area contributed by atoms with Crippen LogP contribution in [0.1, 0.15) is 27.7 Å². The van der Waals surface area contributed by atoms with Gasteiger partial charge in [-0.25, -0.2) is 0 Å². The lowest BCUT2D eigenvalue weighted by Gasteiger charge is -2.38. The summed E-state index contributed by atoms with van der Waals surface area (Å²) in [4.78, 5) is 0. The highest BCUT2D eigenvalue weighted by Crippen LogP contribution is 2.37. The number of hydrogen-bond acceptors (Lipinski definition) is 10. The van der Waals surface area contributed by atoms with Crippen molar-refractivity contribution in [2.24, 2.45) is 0 Å². The quantitative estimate of drug-likeness (QED) is 0.354. The van der Waals surface area contributed by atoms with Crippen LogP contribution >= 0.6 is 0 Å². The van der Waals surface area contributed by atoms with Gasteiger partial charge in [0, 0.05) is 0 Å². The van der Waals surface area contributed by atoms with Gasteiger partial charge in [0.1, 0.15) is 36.6 Å². The average molecular weight is 408 g/mol. The van der Waals surface area contributed by atoms with E-state index in [0.29, 0.717) is 6.61 Å². The zero-order valence-electron chi connectivity index (χ0n) is 16.5. The number of rotatable bonds is 3. The van der Waals surface area contributed by atoms with E-state index < -0.39 is 61.1 Å². The second-order valence-corrected chi connectivity index (χ2v) is 7.59. The van der Waals surface area contributed by atoms with Crippen LogP contribution in [0.5, 0.6) is 0 Å². The highest BCUT2D eigenvalue weighted by atomic mass is 16.8. The Morgan fingerprint density at radius 3 is 2.04 bits per heavy atom. The van der Waals surface area contributed by atoms with Gasteiger partial charge < -0.3 is 49.2 Å². The molecule has 164 valence electrons. The second-order valence-electron chi connectivity index (χ2n) is 7.59. The summed E-state index contributed by atoms with van der Waals surface area (Å²) in [5.74, 6) is -0.723. The van der Waals surface area contributed by atoms with E-state index in [1.54, 1.807) is 13.0 Å². The molecule has 3 aliphatic heterocycles. The molecule has 0 bridgehead atoms. The van der Waals surface area contributed by atoms with Gasteiger partial charge in [-0.15, -0.1) is 6.58 Å². The maximum atomic E-state index is 10.0. The Hall–Kier alpha value is -0.660. The molecule has 0 aromatic rings. The fourth-order valence-electron chi connectivity index (χ4n) is 3.25. The van der Waals surface area contributed by atoms with E-state index in [-0.39, 0.29) is 6.10 Å². The molecule has 0 aromatic carbocycles. The summed E-state index contributed by atoms with van der Waals surface area (Å²) < 4.78 is 27.2. The molecule has 0 radical (unpaired) electrons. The highest BCUT2D eigenvalue weighted by Gasteiger charge is 2.54. The summed E-state index contributed by atoms with van der Waals surface area (Å²) >= 11 is 0. The Labute approximate surface area is 164 Å². The summed E-state index contributed by atoms with van der Waals surface area (Å²) in [6.45, 7) is 10.9. The Balaban J connectivity index is 0.000000221. The van der Waals surface area contributed by atoms with Crippen molar-refractivity contribution in [2.75, 3.05) is 6.61 Å². The number of hydrogen-bond donors (Lipinski definition) is 5. The first-order chi connectivity index (χ1) is 13.0. The fraction of sp³-hybridized carbons (Fsp3) is 0.889. The summed E-state index contributed by atoms with van der Waals surface area (Å²) in [5.41, 5.74) is 0. The van der Waals surface area contributed by atoms with Crippen LogP contribution in [-0.4, -0.2) is 99.3 Å². The number of aliphatic hydroxyl groups excluding tert-OH is 5. The van der Waals surface area contributed by atoms with E-state index in [0.717, 1.165) is 0 Å². The second kappa shape index (κ2) is 9.43. The zero-order chi connectivity index (χ0) is 21.2. The molecule has 3 saturated heterocycles. The fourth-order valence-corrected chi connectivity index (χ4v) is 3.25. The maximum absolute atomic E-state index is 10.0. The Kier molecular flexibility index (Phi) is 7.96. The van der Waals surface area contributed by atoms with E-state index in [9.17, 15) is 5.11 Å². The van der Waals surface area contributed by atoms with E-state index >= 15 is 0 Å². The summed E-state index contributed by atoms with van der Waals surface area (Å²) in [7, 11) is 0. The summed E-state index contributed by atoms with van der Waals surface area (Å²) in [5, 5.41) is 46.0. The molecular weight excluding hydrogens is 376 g/mol. The van der Waals surface area contributed by atoms with E-state index in [4.69, 9.17) is 39.4 Å². The smallest absolute Gasteiger partial charge is 0.187 e. The normalized spacial score (nSPS) is 47.6. The molecule has 5 N–H and O–H groups in total. The molecule has 0 spiro atoms. The molecule has 10 atom stereocenters. The third-order valence-electron chi connectivity index (χ3n) is 4.80. The molecule has 0 aromatic heterocycles. The first-order valence-corrected chi connectivity index (χ1v) is 9.28. The molecule has 10 heteroatoms. The van der Waals surface area contributed by atoms with E-state index in [1.807, 2.05) is 13.8 Å². The minimum Gasteiger partial charge on any atom is -0.388 e. The Bertz CT molecular complexity index is 501. The number of ether oxygens (including phenoxy) is 5. The molecular formula is C18H32O10. The Morgan fingerprint density at radius 2 is 1.43 bits per heavy atom. The van der Waals surface area contributed by atoms with Gasteiger partial charge in [-0.1, -0.05) is 6.08 Å². The first-order valence-electron chi connectivity index (χ1n) is 9.28. The van der Waals surface area contributed by atoms with Crippen LogP contribution in [0, 0.1) is 0 Å². The van der Waals surface area contributed by atoms with Crippen molar-refractivity contribution in [3.8, 4) is 0 Å². The molecule has 3 rings (SSSR count). The van der Waals surface area contributed by atoms with Crippen molar-refractivity contribution in [1.29, 1.82) is 0 Å². The molecule has 6 unspecified atom stereocenters. The average Bonchev–Trinajstić information content (AvgIpc) is 2.96. The molecule has 28 heavy (non-hydrogen) atoms. The molecule has 10 nitrogen and oxygen atoms in total. The first kappa shape index (κ1) is 23.6. The standard InChI is InChI=1S/C12H20O5.C6H12O5/c1-5-6-14-11-10-9(8(13)7(2)15-11)16-12(3,4)17-10;1-2-3(7)4(8)5(9)6(10)11-2/h5,7-11,13H,1,6H2,2-4H3;2-10H,1H3/t7?,8-,9?,10?,11+;2?,3-,4?,5?,6+/m00/s1. The largest absolute Gasteiger partial charge is 0.388 e. The van der Waals surface area contributed by atoms with Gasteiger partial charge in [0.15, 0.2) is 18.4 Å². The van der Waals surface area contributed by atoms with Crippen molar-refractivity contribution in [2.45, 2.75) is 94.9 Å². The lowest BCUT2D eigenvalue weighted by Crippen LogP contribution is -2.56. The van der Waals surface area contributed by atoms with Crippen molar-refractivity contribution >= 4 is 0 Å².